The molecule has 0 spiro atoms. The predicted molar refractivity (Wildman–Crippen MR) is 97.8 cm³/mol. The van der Waals surface area contributed by atoms with Gasteiger partial charge in [0.05, 0.1) is 25.1 Å². The van der Waals surface area contributed by atoms with Crippen LogP contribution in [0.5, 0.6) is 5.75 Å². The molecule has 1 aromatic carbocycles. The molecular weight excluding hydrogens is 352 g/mol. The lowest BCUT2D eigenvalue weighted by molar-refractivity contribution is -0.118. The highest BCUT2D eigenvalue weighted by molar-refractivity contribution is 7.99. The number of methoxy groups -OCH3 is 1. The second-order valence-electron chi connectivity index (χ2n) is 5.44. The van der Waals surface area contributed by atoms with Crippen molar-refractivity contribution >= 4 is 17.7 Å². The van der Waals surface area contributed by atoms with Crippen LogP contribution in [0.1, 0.15) is 11.4 Å². The Morgan fingerprint density at radius 3 is 2.73 bits per heavy atom. The number of carbonyl (C=O) groups is 1. The number of nitrogens with one attached hydrogen (secondary N) is 1. The second kappa shape index (κ2) is 8.48. The lowest BCUT2D eigenvalue weighted by Crippen LogP contribution is -2.25. The number of nitrogens with zero attached hydrogens (tertiary/aromatic N) is 3. The van der Waals surface area contributed by atoms with Crippen LogP contribution in [0.2, 0.25) is 0 Å². The van der Waals surface area contributed by atoms with E-state index < -0.39 is 0 Å². The number of carbonyl (C=O) groups excluding carboxylic acids is 1. The molecule has 8 heteroatoms. The third-order valence-electron chi connectivity index (χ3n) is 3.48. The number of aryl methyl sites for hydroxylation is 1. The first-order valence-electron chi connectivity index (χ1n) is 7.94. The molecule has 1 amide bonds. The van der Waals surface area contributed by atoms with Crippen molar-refractivity contribution in [2.24, 2.45) is 0 Å². The normalized spacial score (nSPS) is 10.5. The molecule has 3 aromatic rings. The molecule has 0 aliphatic heterocycles. The summed E-state index contributed by atoms with van der Waals surface area (Å²) in [6.07, 6.45) is 0. The fourth-order valence-electron chi connectivity index (χ4n) is 2.18. The maximum absolute atomic E-state index is 12.0. The summed E-state index contributed by atoms with van der Waals surface area (Å²) in [4.78, 5) is 16.3. The van der Waals surface area contributed by atoms with Gasteiger partial charge in [0, 0.05) is 11.3 Å². The van der Waals surface area contributed by atoms with E-state index in [2.05, 4.69) is 20.5 Å². The standard InChI is InChI=1S/C18H18N4O3S/c1-12-4-3-5-14(20-12)10-19-16(23)11-26-18-22-21-17(25-18)13-6-8-15(24-2)9-7-13/h3-9H,10-11H2,1-2H3,(H,19,23). The molecule has 0 aliphatic rings. The van der Waals surface area contributed by atoms with Crippen LogP contribution in [0, 0.1) is 6.92 Å². The van der Waals surface area contributed by atoms with E-state index >= 15 is 0 Å². The van der Waals surface area contributed by atoms with Crippen molar-refractivity contribution in [3.05, 3.63) is 53.9 Å². The molecule has 1 N–H and O–H groups in total. The van der Waals surface area contributed by atoms with Crippen molar-refractivity contribution in [3.63, 3.8) is 0 Å². The first-order chi connectivity index (χ1) is 12.6. The van der Waals surface area contributed by atoms with Gasteiger partial charge in [-0.1, -0.05) is 17.8 Å². The highest BCUT2D eigenvalue weighted by Gasteiger charge is 2.11. The Hall–Kier alpha value is -2.87. The van der Waals surface area contributed by atoms with Gasteiger partial charge in [0.15, 0.2) is 0 Å². The van der Waals surface area contributed by atoms with Crippen LogP contribution in [0.3, 0.4) is 0 Å². The van der Waals surface area contributed by atoms with E-state index in [0.717, 1.165) is 22.7 Å². The smallest absolute Gasteiger partial charge is 0.277 e. The topological polar surface area (TPSA) is 90.1 Å². The number of benzene rings is 1. The molecule has 0 atom stereocenters. The van der Waals surface area contributed by atoms with E-state index in [1.165, 1.54) is 11.8 Å². The zero-order chi connectivity index (χ0) is 18.4. The van der Waals surface area contributed by atoms with E-state index in [1.54, 1.807) is 7.11 Å². The molecule has 2 aromatic heterocycles. The van der Waals surface area contributed by atoms with E-state index in [0.29, 0.717) is 17.7 Å². The van der Waals surface area contributed by atoms with Gasteiger partial charge in [-0.2, -0.15) is 0 Å². The maximum atomic E-state index is 12.0. The van der Waals surface area contributed by atoms with Crippen LogP contribution in [0.15, 0.2) is 52.1 Å². The highest BCUT2D eigenvalue weighted by Crippen LogP contribution is 2.24. The van der Waals surface area contributed by atoms with Crippen molar-refractivity contribution in [3.8, 4) is 17.2 Å². The Labute approximate surface area is 155 Å². The molecule has 0 radical (unpaired) electrons. The van der Waals surface area contributed by atoms with Gasteiger partial charge in [-0.3, -0.25) is 9.78 Å². The van der Waals surface area contributed by atoms with Gasteiger partial charge in [0.1, 0.15) is 5.75 Å². The zero-order valence-electron chi connectivity index (χ0n) is 14.4. The Morgan fingerprint density at radius 2 is 2.00 bits per heavy atom. The van der Waals surface area contributed by atoms with Crippen molar-refractivity contribution in [1.29, 1.82) is 0 Å². The van der Waals surface area contributed by atoms with Crippen LogP contribution in [0.4, 0.5) is 0 Å². The number of thioether (sulfide) groups is 1. The van der Waals surface area contributed by atoms with Gasteiger partial charge in [-0.15, -0.1) is 10.2 Å². The summed E-state index contributed by atoms with van der Waals surface area (Å²) in [5, 5.41) is 11.1. The zero-order valence-corrected chi connectivity index (χ0v) is 15.2. The SMILES string of the molecule is COc1ccc(-c2nnc(SCC(=O)NCc3cccc(C)n3)o2)cc1. The number of pyridine rings is 1. The van der Waals surface area contributed by atoms with Gasteiger partial charge in [-0.25, -0.2) is 0 Å². The Bertz CT molecular complexity index is 880. The Kier molecular flexibility index (Phi) is 5.85. The van der Waals surface area contributed by atoms with Crippen LogP contribution in [-0.4, -0.2) is 34.0 Å². The average molecular weight is 370 g/mol. The summed E-state index contributed by atoms with van der Waals surface area (Å²) in [6.45, 7) is 2.30. The number of hydrogen-bond donors (Lipinski definition) is 1. The molecule has 134 valence electrons. The molecule has 0 unspecified atom stereocenters. The van der Waals surface area contributed by atoms with E-state index in [4.69, 9.17) is 9.15 Å². The number of ether oxygens (including phenoxy) is 1. The first kappa shape index (κ1) is 17.9. The summed E-state index contributed by atoms with van der Waals surface area (Å²) < 4.78 is 10.7. The van der Waals surface area contributed by atoms with Gasteiger partial charge in [-0.05, 0) is 43.3 Å². The summed E-state index contributed by atoms with van der Waals surface area (Å²) in [6, 6.07) is 13.0. The minimum atomic E-state index is -0.123. The van der Waals surface area contributed by atoms with E-state index in [-0.39, 0.29) is 11.7 Å². The lowest BCUT2D eigenvalue weighted by atomic mass is 10.2. The molecule has 0 bridgehead atoms. The van der Waals surface area contributed by atoms with Crippen molar-refractivity contribution in [2.75, 3.05) is 12.9 Å². The fraction of sp³-hybridized carbons (Fsp3) is 0.222. The molecule has 2 heterocycles. The van der Waals surface area contributed by atoms with Crippen molar-refractivity contribution < 1.29 is 13.9 Å². The first-order valence-corrected chi connectivity index (χ1v) is 8.92. The van der Waals surface area contributed by atoms with Crippen LogP contribution >= 0.6 is 11.8 Å². The fourth-order valence-corrected chi connectivity index (χ4v) is 2.78. The molecule has 0 fully saturated rings. The quantitative estimate of drug-likeness (QED) is 0.640. The third-order valence-corrected chi connectivity index (χ3v) is 4.30. The van der Waals surface area contributed by atoms with Crippen LogP contribution in [-0.2, 0) is 11.3 Å². The van der Waals surface area contributed by atoms with Gasteiger partial charge in [0.2, 0.25) is 11.8 Å². The predicted octanol–water partition coefficient (Wildman–Crippen LogP) is 2.86. The number of amides is 1. The van der Waals surface area contributed by atoms with Crippen LogP contribution < -0.4 is 10.1 Å². The maximum Gasteiger partial charge on any atom is 0.277 e. The molecule has 0 saturated heterocycles. The second-order valence-corrected chi connectivity index (χ2v) is 6.36. The molecule has 0 saturated carbocycles. The third kappa shape index (κ3) is 4.82. The molecule has 26 heavy (non-hydrogen) atoms. The Balaban J connectivity index is 1.50. The largest absolute Gasteiger partial charge is 0.497 e. The summed E-state index contributed by atoms with van der Waals surface area (Å²) in [5.41, 5.74) is 2.53. The van der Waals surface area contributed by atoms with Gasteiger partial charge >= 0.3 is 0 Å². The number of rotatable bonds is 7. The molecule has 3 rings (SSSR count). The summed E-state index contributed by atoms with van der Waals surface area (Å²) >= 11 is 1.19. The van der Waals surface area contributed by atoms with Gasteiger partial charge in [0.25, 0.3) is 5.22 Å². The monoisotopic (exact) mass is 370 g/mol. The van der Waals surface area contributed by atoms with E-state index in [1.807, 2.05) is 49.4 Å². The highest BCUT2D eigenvalue weighted by atomic mass is 32.2. The van der Waals surface area contributed by atoms with Crippen LogP contribution in [0.25, 0.3) is 11.5 Å². The number of aromatic nitrogens is 3. The molecular formula is C18H18N4O3S. The molecule has 7 nitrogen and oxygen atoms in total. The summed E-state index contributed by atoms with van der Waals surface area (Å²) in [5.74, 6) is 1.22. The van der Waals surface area contributed by atoms with Gasteiger partial charge < -0.3 is 14.5 Å². The minimum absolute atomic E-state index is 0.123. The molecule has 0 aliphatic carbocycles. The number of hydrogen-bond acceptors (Lipinski definition) is 7. The Morgan fingerprint density at radius 1 is 1.19 bits per heavy atom. The van der Waals surface area contributed by atoms with E-state index in [9.17, 15) is 4.79 Å². The van der Waals surface area contributed by atoms with Crippen molar-refractivity contribution in [1.82, 2.24) is 20.5 Å². The summed E-state index contributed by atoms with van der Waals surface area (Å²) in [7, 11) is 1.61. The lowest BCUT2D eigenvalue weighted by Gasteiger charge is -2.04. The minimum Gasteiger partial charge on any atom is -0.497 e. The average Bonchev–Trinajstić information content (AvgIpc) is 3.14. The van der Waals surface area contributed by atoms with Crippen molar-refractivity contribution in [2.45, 2.75) is 18.7 Å².